The van der Waals surface area contributed by atoms with Crippen LogP contribution >= 0.6 is 0 Å². The molecule has 0 aromatic heterocycles. The molecule has 0 radical (unpaired) electrons. The molecule has 2 N–H and O–H groups in total. The average Bonchev–Trinajstić information content (AvgIpc) is 2.87. The SMILES string of the molecule is Cc1ccc(NCC2CCCN2C(=O)OC(C)(C)C)cc1O. The van der Waals surface area contributed by atoms with Crippen LogP contribution in [0.25, 0.3) is 0 Å². The molecule has 1 aliphatic heterocycles. The van der Waals surface area contributed by atoms with Crippen molar-refractivity contribution in [2.75, 3.05) is 18.4 Å². The molecule has 5 nitrogen and oxygen atoms in total. The normalized spacial score (nSPS) is 18.4. The lowest BCUT2D eigenvalue weighted by Gasteiger charge is -2.29. The molecule has 122 valence electrons. The van der Waals surface area contributed by atoms with Crippen LogP contribution in [0.4, 0.5) is 10.5 Å². The molecule has 1 saturated heterocycles. The number of rotatable bonds is 3. The summed E-state index contributed by atoms with van der Waals surface area (Å²) >= 11 is 0. The molecule has 0 bridgehead atoms. The first-order chi connectivity index (χ1) is 10.3. The molecule has 1 aromatic rings. The van der Waals surface area contributed by atoms with Crippen LogP contribution in [0.2, 0.25) is 0 Å². The molecule has 0 saturated carbocycles. The van der Waals surface area contributed by atoms with Gasteiger partial charge in [0.1, 0.15) is 11.4 Å². The maximum absolute atomic E-state index is 12.2. The number of likely N-dealkylation sites (tertiary alicyclic amines) is 1. The minimum atomic E-state index is -0.472. The molecule has 0 spiro atoms. The molecule has 1 atom stereocenters. The van der Waals surface area contributed by atoms with E-state index in [0.717, 1.165) is 30.6 Å². The molecule has 5 heteroatoms. The number of amides is 1. The number of benzene rings is 1. The van der Waals surface area contributed by atoms with Gasteiger partial charge >= 0.3 is 6.09 Å². The lowest BCUT2D eigenvalue weighted by Crippen LogP contribution is -2.42. The average molecular weight is 306 g/mol. The highest BCUT2D eigenvalue weighted by Crippen LogP contribution is 2.24. The summed E-state index contributed by atoms with van der Waals surface area (Å²) in [6.07, 6.45) is 1.71. The van der Waals surface area contributed by atoms with Crippen molar-refractivity contribution in [3.05, 3.63) is 23.8 Å². The molecular formula is C17H26N2O3. The fourth-order valence-corrected chi connectivity index (χ4v) is 2.56. The van der Waals surface area contributed by atoms with Crippen molar-refractivity contribution in [1.29, 1.82) is 0 Å². The number of ether oxygens (including phenoxy) is 1. The summed E-state index contributed by atoms with van der Waals surface area (Å²) in [6.45, 7) is 8.89. The van der Waals surface area contributed by atoms with Crippen molar-refractivity contribution in [2.24, 2.45) is 0 Å². The molecule has 1 heterocycles. The fourth-order valence-electron chi connectivity index (χ4n) is 2.56. The Bertz CT molecular complexity index is 537. The van der Waals surface area contributed by atoms with Crippen LogP contribution in [0, 0.1) is 6.92 Å². The largest absolute Gasteiger partial charge is 0.508 e. The number of hydrogen-bond acceptors (Lipinski definition) is 4. The second-order valence-corrected chi connectivity index (χ2v) is 6.85. The summed E-state index contributed by atoms with van der Waals surface area (Å²) in [5.41, 5.74) is 1.24. The zero-order valence-electron chi connectivity index (χ0n) is 13.8. The first-order valence-corrected chi connectivity index (χ1v) is 7.79. The van der Waals surface area contributed by atoms with Crippen molar-refractivity contribution >= 4 is 11.8 Å². The zero-order valence-corrected chi connectivity index (χ0v) is 13.8. The number of aryl methyl sites for hydroxylation is 1. The Hall–Kier alpha value is -1.91. The van der Waals surface area contributed by atoms with E-state index in [-0.39, 0.29) is 17.9 Å². The number of nitrogens with one attached hydrogen (secondary N) is 1. The van der Waals surface area contributed by atoms with Gasteiger partial charge in [-0.25, -0.2) is 4.79 Å². The van der Waals surface area contributed by atoms with Crippen LogP contribution in [0.15, 0.2) is 18.2 Å². The van der Waals surface area contributed by atoms with Crippen molar-refractivity contribution < 1.29 is 14.6 Å². The van der Waals surface area contributed by atoms with Gasteiger partial charge in [-0.3, -0.25) is 0 Å². The van der Waals surface area contributed by atoms with Crippen molar-refractivity contribution in [3.8, 4) is 5.75 Å². The van der Waals surface area contributed by atoms with E-state index in [1.54, 1.807) is 11.0 Å². The van der Waals surface area contributed by atoms with Crippen LogP contribution < -0.4 is 5.32 Å². The monoisotopic (exact) mass is 306 g/mol. The highest BCUT2D eigenvalue weighted by molar-refractivity contribution is 5.69. The topological polar surface area (TPSA) is 61.8 Å². The van der Waals surface area contributed by atoms with Gasteiger partial charge < -0.3 is 20.1 Å². The Kier molecular flexibility index (Phi) is 4.84. The number of aromatic hydroxyl groups is 1. The minimum Gasteiger partial charge on any atom is -0.508 e. The third-order valence-corrected chi connectivity index (χ3v) is 3.76. The van der Waals surface area contributed by atoms with E-state index in [4.69, 9.17) is 4.74 Å². The zero-order chi connectivity index (χ0) is 16.3. The standard InChI is InChI=1S/C17H26N2O3/c1-12-7-8-13(10-15(12)20)18-11-14-6-5-9-19(14)16(21)22-17(2,3)4/h7-8,10,14,18,20H,5-6,9,11H2,1-4H3. The van der Waals surface area contributed by atoms with Crippen LogP contribution in [-0.4, -0.2) is 40.8 Å². The fraction of sp³-hybridized carbons (Fsp3) is 0.588. The smallest absolute Gasteiger partial charge is 0.410 e. The molecule has 2 rings (SSSR count). The van der Waals surface area contributed by atoms with Gasteiger partial charge in [-0.2, -0.15) is 0 Å². The number of phenols is 1. The predicted molar refractivity (Wildman–Crippen MR) is 87.3 cm³/mol. The lowest BCUT2D eigenvalue weighted by molar-refractivity contribution is 0.0235. The Morgan fingerprint density at radius 1 is 1.45 bits per heavy atom. The van der Waals surface area contributed by atoms with E-state index in [1.807, 2.05) is 39.8 Å². The second kappa shape index (κ2) is 6.46. The number of hydrogen-bond donors (Lipinski definition) is 2. The summed E-state index contributed by atoms with van der Waals surface area (Å²) < 4.78 is 5.46. The molecule has 1 aliphatic rings. The first-order valence-electron chi connectivity index (χ1n) is 7.79. The second-order valence-electron chi connectivity index (χ2n) is 6.85. The number of carbonyl (C=O) groups excluding carboxylic acids is 1. The van der Waals surface area contributed by atoms with E-state index in [2.05, 4.69) is 5.32 Å². The van der Waals surface area contributed by atoms with Crippen molar-refractivity contribution in [2.45, 2.75) is 52.2 Å². The lowest BCUT2D eigenvalue weighted by atomic mass is 10.2. The molecular weight excluding hydrogens is 280 g/mol. The Balaban J connectivity index is 1.93. The summed E-state index contributed by atoms with van der Waals surface area (Å²) in [6, 6.07) is 5.64. The third kappa shape index (κ3) is 4.29. The van der Waals surface area contributed by atoms with E-state index in [9.17, 15) is 9.90 Å². The Labute approximate surface area is 132 Å². The van der Waals surface area contributed by atoms with Gasteiger partial charge in [0.25, 0.3) is 0 Å². The first kappa shape index (κ1) is 16.5. The molecule has 1 fully saturated rings. The van der Waals surface area contributed by atoms with E-state index in [1.165, 1.54) is 0 Å². The predicted octanol–water partition coefficient (Wildman–Crippen LogP) is 3.51. The number of carbonyl (C=O) groups is 1. The Morgan fingerprint density at radius 2 is 2.18 bits per heavy atom. The van der Waals surface area contributed by atoms with E-state index >= 15 is 0 Å². The van der Waals surface area contributed by atoms with Gasteiger partial charge in [-0.1, -0.05) is 6.07 Å². The van der Waals surface area contributed by atoms with Crippen LogP contribution in [0.3, 0.4) is 0 Å². The van der Waals surface area contributed by atoms with Gasteiger partial charge in [-0.05, 0) is 52.2 Å². The quantitative estimate of drug-likeness (QED) is 0.897. The number of phenolic OH excluding ortho intramolecular Hbond substituents is 1. The maximum Gasteiger partial charge on any atom is 0.410 e. The van der Waals surface area contributed by atoms with Gasteiger partial charge in [-0.15, -0.1) is 0 Å². The van der Waals surface area contributed by atoms with Gasteiger partial charge in [0.15, 0.2) is 0 Å². The summed E-state index contributed by atoms with van der Waals surface area (Å²) in [5, 5.41) is 13.0. The van der Waals surface area contributed by atoms with Crippen LogP contribution in [0.1, 0.15) is 39.2 Å². The Morgan fingerprint density at radius 3 is 2.82 bits per heavy atom. The van der Waals surface area contributed by atoms with E-state index < -0.39 is 5.60 Å². The van der Waals surface area contributed by atoms with Gasteiger partial charge in [0, 0.05) is 24.8 Å². The summed E-state index contributed by atoms with van der Waals surface area (Å²) in [5.74, 6) is 0.278. The highest BCUT2D eigenvalue weighted by atomic mass is 16.6. The molecule has 1 aromatic carbocycles. The van der Waals surface area contributed by atoms with Gasteiger partial charge in [0.2, 0.25) is 0 Å². The summed E-state index contributed by atoms with van der Waals surface area (Å²) in [7, 11) is 0. The molecule has 22 heavy (non-hydrogen) atoms. The van der Waals surface area contributed by atoms with Crippen LogP contribution in [-0.2, 0) is 4.74 Å². The molecule has 0 aliphatic carbocycles. The number of anilines is 1. The molecule has 1 unspecified atom stereocenters. The third-order valence-electron chi connectivity index (χ3n) is 3.76. The van der Waals surface area contributed by atoms with Crippen molar-refractivity contribution in [3.63, 3.8) is 0 Å². The highest BCUT2D eigenvalue weighted by Gasteiger charge is 2.31. The maximum atomic E-state index is 12.2. The van der Waals surface area contributed by atoms with Crippen molar-refractivity contribution in [1.82, 2.24) is 4.90 Å². The minimum absolute atomic E-state index is 0.123. The number of nitrogens with zero attached hydrogens (tertiary/aromatic N) is 1. The molecule has 1 amide bonds. The van der Waals surface area contributed by atoms with Crippen LogP contribution in [0.5, 0.6) is 5.75 Å². The van der Waals surface area contributed by atoms with Gasteiger partial charge in [0.05, 0.1) is 6.04 Å². The summed E-state index contributed by atoms with van der Waals surface area (Å²) in [4.78, 5) is 14.0. The van der Waals surface area contributed by atoms with E-state index in [0.29, 0.717) is 6.54 Å².